The molecule has 0 N–H and O–H groups in total. The van der Waals surface area contributed by atoms with Gasteiger partial charge >= 0.3 is 0 Å². The molecule has 0 aliphatic rings. The molecule has 0 aliphatic carbocycles. The van der Waals surface area contributed by atoms with Gasteiger partial charge in [0.1, 0.15) is 7.57 Å². The molecule has 0 saturated carbocycles. The minimum Gasteiger partial charge on any atom is -0.179 e. The quantitative estimate of drug-likeness (QED) is 0.406. The van der Waals surface area contributed by atoms with E-state index in [1.807, 2.05) is 7.57 Å². The molecule has 0 aromatic carbocycles. The van der Waals surface area contributed by atoms with E-state index in [-0.39, 0.29) is 54.3 Å². The maximum atomic E-state index is 2.42. The molecule has 0 aromatic heterocycles. The average molecular weight is 347 g/mol. The van der Waals surface area contributed by atoms with Crippen LogP contribution in [0.4, 0.5) is 0 Å². The van der Waals surface area contributed by atoms with E-state index in [4.69, 9.17) is 0 Å². The van der Waals surface area contributed by atoms with Crippen LogP contribution in [0.3, 0.4) is 0 Å². The monoisotopic (exact) mass is 347 g/mol. The number of rotatable bonds is 0. The summed E-state index contributed by atoms with van der Waals surface area (Å²) in [6, 6.07) is 0. The standard InChI is InChI=1S/BH4P.Co.Ni.W/c1-2;;;/h1-2H2;;;. The first-order valence-electron chi connectivity index (χ1n) is 0.577. The Morgan fingerprint density at radius 1 is 1.20 bits per heavy atom. The van der Waals surface area contributed by atoms with Crippen molar-refractivity contribution in [2.45, 2.75) is 0 Å². The van der Waals surface area contributed by atoms with Crippen molar-refractivity contribution in [3.05, 3.63) is 0 Å². The molecule has 1 radical (unpaired) electrons. The third-order valence-electron chi connectivity index (χ3n) is 0. The summed E-state index contributed by atoms with van der Waals surface area (Å²) in [7, 11) is 4.33. The molecular formula is H4BCoNiPW. The van der Waals surface area contributed by atoms with Crippen molar-refractivity contribution in [3.63, 3.8) is 0 Å². The zero-order chi connectivity index (χ0) is 2.00. The average Bonchev–Trinajstić information content (AvgIpc) is 1.00. The van der Waals surface area contributed by atoms with E-state index in [9.17, 15) is 0 Å². The van der Waals surface area contributed by atoms with Gasteiger partial charge in [-0.15, -0.1) is 0 Å². The largest absolute Gasteiger partial charge is 0.179 e. The second kappa shape index (κ2) is 34.9. The molecule has 0 aromatic rings. The van der Waals surface area contributed by atoms with Gasteiger partial charge in [0, 0.05) is 54.3 Å². The van der Waals surface area contributed by atoms with Gasteiger partial charge in [-0.3, -0.25) is 0 Å². The second-order valence-corrected chi connectivity index (χ2v) is 0. The summed E-state index contributed by atoms with van der Waals surface area (Å²) in [5.74, 6) is 0. The minimum atomic E-state index is 0. The van der Waals surface area contributed by atoms with E-state index < -0.39 is 0 Å². The third kappa shape index (κ3) is 22.7. The number of hydrogen-bond acceptors (Lipinski definition) is 0. The van der Waals surface area contributed by atoms with Crippen LogP contribution in [-0.2, 0) is 54.3 Å². The molecule has 0 bridgehead atoms. The summed E-state index contributed by atoms with van der Waals surface area (Å²) in [4.78, 5) is 0. The van der Waals surface area contributed by atoms with Crippen molar-refractivity contribution in [2.24, 2.45) is 0 Å². The van der Waals surface area contributed by atoms with Crippen molar-refractivity contribution in [1.82, 2.24) is 0 Å². The van der Waals surface area contributed by atoms with Gasteiger partial charge in [-0.2, -0.15) is 9.12 Å². The van der Waals surface area contributed by atoms with Gasteiger partial charge in [0.2, 0.25) is 0 Å². The smallest absolute Gasteiger partial charge is 0.126 e. The van der Waals surface area contributed by atoms with Crippen LogP contribution in [0, 0.1) is 0 Å². The summed E-state index contributed by atoms with van der Waals surface area (Å²) in [6.07, 6.45) is 0. The SMILES string of the molecule is BP.[Co].[Ni].[W]. The zero-order valence-corrected chi connectivity index (χ0v) is 8.75. The van der Waals surface area contributed by atoms with Crippen molar-refractivity contribution < 1.29 is 54.3 Å². The fourth-order valence-corrected chi connectivity index (χ4v) is 0. The molecule has 0 heterocycles. The Hall–Kier alpha value is 2.18. The van der Waals surface area contributed by atoms with Gasteiger partial charge in [0.05, 0.1) is 0 Å². The van der Waals surface area contributed by atoms with E-state index in [0.717, 1.165) is 0 Å². The van der Waals surface area contributed by atoms with Crippen LogP contribution in [0.1, 0.15) is 0 Å². The van der Waals surface area contributed by atoms with Crippen molar-refractivity contribution in [1.29, 1.82) is 0 Å². The maximum Gasteiger partial charge on any atom is 0.126 e. The Morgan fingerprint density at radius 2 is 1.20 bits per heavy atom. The molecule has 1 unspecified atom stereocenters. The van der Waals surface area contributed by atoms with E-state index in [1.165, 1.54) is 0 Å². The van der Waals surface area contributed by atoms with Gasteiger partial charge in [-0.25, -0.2) is 0 Å². The fraction of sp³-hybridized carbons (Fsp3) is 0. The molecule has 37 valence electrons. The van der Waals surface area contributed by atoms with Gasteiger partial charge in [0.25, 0.3) is 0 Å². The molecule has 0 saturated heterocycles. The summed E-state index contributed by atoms with van der Waals surface area (Å²) in [5, 5.41) is 0. The Morgan fingerprint density at radius 3 is 1.20 bits per heavy atom. The van der Waals surface area contributed by atoms with Crippen LogP contribution in [0.15, 0.2) is 0 Å². The Kier molecular flexibility index (Phi) is 189. The van der Waals surface area contributed by atoms with Crippen LogP contribution in [-0.4, -0.2) is 7.57 Å². The molecule has 0 amide bonds. The molecular weight excluding hydrogens is 343 g/mol. The Balaban J connectivity index is -0.00000000167. The maximum absolute atomic E-state index is 2.42. The summed E-state index contributed by atoms with van der Waals surface area (Å²) in [6.45, 7) is 0. The first-order valence-corrected chi connectivity index (χ1v) is 1.73. The molecule has 5 heavy (non-hydrogen) atoms. The van der Waals surface area contributed by atoms with Gasteiger partial charge < -0.3 is 0 Å². The van der Waals surface area contributed by atoms with Crippen molar-refractivity contribution in [2.75, 3.05) is 0 Å². The van der Waals surface area contributed by atoms with E-state index in [2.05, 4.69) is 9.12 Å². The Labute approximate surface area is 70.6 Å². The zero-order valence-electron chi connectivity index (χ0n) is 2.64. The molecule has 0 spiro atoms. The molecule has 1 atom stereocenters. The first kappa shape index (κ1) is 27.1. The third-order valence-corrected chi connectivity index (χ3v) is 0. The fourth-order valence-electron chi connectivity index (χ4n) is 0. The molecule has 0 nitrogen and oxygen atoms in total. The second-order valence-electron chi connectivity index (χ2n) is 0. The van der Waals surface area contributed by atoms with Gasteiger partial charge in [-0.05, 0) is 0 Å². The normalized spacial score (nSPS) is 1.00. The minimum absolute atomic E-state index is 0. The van der Waals surface area contributed by atoms with Gasteiger partial charge in [-0.1, -0.05) is 0 Å². The summed E-state index contributed by atoms with van der Waals surface area (Å²) in [5.41, 5.74) is 0. The van der Waals surface area contributed by atoms with E-state index in [1.54, 1.807) is 0 Å². The first-order chi connectivity index (χ1) is 1.00. The van der Waals surface area contributed by atoms with Crippen LogP contribution < -0.4 is 0 Å². The van der Waals surface area contributed by atoms with Crippen molar-refractivity contribution in [3.8, 4) is 0 Å². The molecule has 5 heteroatoms. The molecule has 0 aliphatic heterocycles. The van der Waals surface area contributed by atoms with Crippen LogP contribution >= 0.6 is 9.12 Å². The Bertz CT molecular complexity index is 11.6. The predicted molar refractivity (Wildman–Crippen MR) is 18.3 cm³/mol. The topological polar surface area (TPSA) is 0 Å². The predicted octanol–water partition coefficient (Wildman–Crippen LogP) is -0.598. The summed E-state index contributed by atoms with van der Waals surface area (Å²) >= 11 is 0. The summed E-state index contributed by atoms with van der Waals surface area (Å²) < 4.78 is 0. The van der Waals surface area contributed by atoms with Crippen molar-refractivity contribution >= 4 is 16.7 Å². The van der Waals surface area contributed by atoms with E-state index in [0.29, 0.717) is 0 Å². The van der Waals surface area contributed by atoms with Crippen LogP contribution in [0.2, 0.25) is 0 Å². The molecule has 0 fully saturated rings. The van der Waals surface area contributed by atoms with Crippen LogP contribution in [0.25, 0.3) is 0 Å². The number of hydrogen-bond donors (Lipinski definition) is 0. The van der Waals surface area contributed by atoms with Gasteiger partial charge in [0.15, 0.2) is 0 Å². The van der Waals surface area contributed by atoms with Crippen LogP contribution in [0.5, 0.6) is 0 Å². The van der Waals surface area contributed by atoms with E-state index >= 15 is 0 Å². The molecule has 0 rings (SSSR count).